The summed E-state index contributed by atoms with van der Waals surface area (Å²) >= 11 is 0. The van der Waals surface area contributed by atoms with Gasteiger partial charge >= 0.3 is 0 Å². The Hall–Kier alpha value is -2.04. The van der Waals surface area contributed by atoms with Gasteiger partial charge in [-0.2, -0.15) is 0 Å². The first-order chi connectivity index (χ1) is 12.3. The molecule has 0 spiro atoms. The molecule has 2 aromatic carbocycles. The van der Waals surface area contributed by atoms with Crippen LogP contribution in [0.15, 0.2) is 54.6 Å². The molecule has 0 amide bonds. The van der Waals surface area contributed by atoms with Crippen LogP contribution in [-0.4, -0.2) is 37.5 Å². The Morgan fingerprint density at radius 2 is 1.72 bits per heavy atom. The van der Waals surface area contributed by atoms with Crippen molar-refractivity contribution in [3.05, 3.63) is 60.2 Å². The molecular formula is C21H27N3O. The Balaban J connectivity index is 1.71. The number of nitrogens with zero attached hydrogens (tertiary/aromatic N) is 2. The molecule has 1 heterocycles. The summed E-state index contributed by atoms with van der Waals surface area (Å²) in [5, 5.41) is 14.1. The van der Waals surface area contributed by atoms with Gasteiger partial charge in [0, 0.05) is 12.6 Å². The Kier molecular flexibility index (Phi) is 4.64. The number of aliphatic hydroxyl groups excluding tert-OH is 1. The zero-order chi connectivity index (χ0) is 17.2. The topological polar surface area (TPSA) is 38.7 Å². The van der Waals surface area contributed by atoms with Gasteiger partial charge in [0.15, 0.2) is 0 Å². The van der Waals surface area contributed by atoms with E-state index in [1.54, 1.807) is 0 Å². The van der Waals surface area contributed by atoms with Crippen LogP contribution in [0.25, 0.3) is 0 Å². The lowest BCUT2D eigenvalue weighted by Gasteiger charge is -2.38. The van der Waals surface area contributed by atoms with Crippen LogP contribution in [0.4, 0.5) is 11.4 Å². The van der Waals surface area contributed by atoms with Crippen LogP contribution in [0, 0.1) is 0 Å². The highest BCUT2D eigenvalue weighted by atomic mass is 16.3. The van der Waals surface area contributed by atoms with Crippen molar-refractivity contribution in [2.75, 3.05) is 30.1 Å². The number of fused-ring (bicyclic) bond motifs is 1. The zero-order valence-corrected chi connectivity index (χ0v) is 14.8. The van der Waals surface area contributed by atoms with E-state index in [4.69, 9.17) is 0 Å². The number of hydrogen-bond acceptors (Lipinski definition) is 4. The fourth-order valence-corrected chi connectivity index (χ4v) is 4.10. The highest BCUT2D eigenvalue weighted by Gasteiger charge is 2.38. The van der Waals surface area contributed by atoms with Gasteiger partial charge in [0.1, 0.15) is 0 Å². The molecule has 4 nitrogen and oxygen atoms in total. The minimum Gasteiger partial charge on any atom is -0.389 e. The summed E-state index contributed by atoms with van der Waals surface area (Å²) < 4.78 is 0. The molecule has 0 radical (unpaired) electrons. The Labute approximate surface area is 150 Å². The van der Waals surface area contributed by atoms with Crippen molar-refractivity contribution in [1.29, 1.82) is 0 Å². The monoisotopic (exact) mass is 337 g/mol. The van der Waals surface area contributed by atoms with Crippen molar-refractivity contribution in [3.63, 3.8) is 0 Å². The van der Waals surface area contributed by atoms with E-state index in [9.17, 15) is 5.11 Å². The maximum atomic E-state index is 10.9. The summed E-state index contributed by atoms with van der Waals surface area (Å²) in [7, 11) is 1.89. The van der Waals surface area contributed by atoms with Gasteiger partial charge in [0.25, 0.3) is 0 Å². The van der Waals surface area contributed by atoms with Gasteiger partial charge in [0.2, 0.25) is 0 Å². The molecule has 1 saturated carbocycles. The molecule has 2 N–H and O–H groups in total. The van der Waals surface area contributed by atoms with Gasteiger partial charge < -0.3 is 20.2 Å². The van der Waals surface area contributed by atoms with Crippen LogP contribution in [-0.2, 0) is 0 Å². The molecule has 1 fully saturated rings. The molecule has 1 aliphatic carbocycles. The van der Waals surface area contributed by atoms with Crippen molar-refractivity contribution < 1.29 is 5.11 Å². The summed E-state index contributed by atoms with van der Waals surface area (Å²) in [6, 6.07) is 19.6. The van der Waals surface area contributed by atoms with Crippen molar-refractivity contribution >= 4 is 11.4 Å². The van der Waals surface area contributed by atoms with Crippen LogP contribution in [0.5, 0.6) is 0 Å². The van der Waals surface area contributed by atoms with Gasteiger partial charge in [-0.1, -0.05) is 42.5 Å². The third-order valence-electron chi connectivity index (χ3n) is 5.58. The van der Waals surface area contributed by atoms with Crippen LogP contribution >= 0.6 is 0 Å². The van der Waals surface area contributed by atoms with Crippen molar-refractivity contribution in [2.45, 2.75) is 37.5 Å². The highest BCUT2D eigenvalue weighted by Crippen LogP contribution is 2.45. The van der Waals surface area contributed by atoms with E-state index in [2.05, 4.69) is 63.6 Å². The summed E-state index contributed by atoms with van der Waals surface area (Å²) in [6.45, 7) is 1.42. The predicted molar refractivity (Wildman–Crippen MR) is 103 cm³/mol. The van der Waals surface area contributed by atoms with E-state index in [0.717, 1.165) is 12.2 Å². The van der Waals surface area contributed by atoms with Crippen molar-refractivity contribution in [3.8, 4) is 0 Å². The number of likely N-dealkylation sites (N-methyl/N-ethyl adjacent to an activating group) is 1. The number of anilines is 2. The second kappa shape index (κ2) is 7.06. The second-order valence-corrected chi connectivity index (χ2v) is 7.13. The summed E-state index contributed by atoms with van der Waals surface area (Å²) in [5.74, 6) is 0. The Morgan fingerprint density at radius 3 is 2.36 bits per heavy atom. The van der Waals surface area contributed by atoms with Gasteiger partial charge in [0.05, 0.1) is 30.2 Å². The minimum absolute atomic E-state index is 0.0557. The van der Waals surface area contributed by atoms with Crippen molar-refractivity contribution in [2.24, 2.45) is 0 Å². The fourth-order valence-electron chi connectivity index (χ4n) is 4.10. The van der Waals surface area contributed by atoms with E-state index in [1.807, 2.05) is 13.1 Å². The van der Waals surface area contributed by atoms with Crippen LogP contribution in [0.3, 0.4) is 0 Å². The first-order valence-corrected chi connectivity index (χ1v) is 9.29. The molecule has 2 aliphatic rings. The zero-order valence-electron chi connectivity index (χ0n) is 14.8. The number of aliphatic hydroxyl groups is 1. The number of para-hydroxylation sites is 2. The Bertz CT molecular complexity index is 701. The first-order valence-electron chi connectivity index (χ1n) is 9.29. The summed E-state index contributed by atoms with van der Waals surface area (Å²) in [6.07, 6.45) is 3.41. The van der Waals surface area contributed by atoms with Crippen LogP contribution in [0.1, 0.15) is 30.9 Å². The quantitative estimate of drug-likeness (QED) is 0.849. The van der Waals surface area contributed by atoms with Gasteiger partial charge in [-0.3, -0.25) is 0 Å². The number of hydrogen-bond donors (Lipinski definition) is 2. The smallest absolute Gasteiger partial charge is 0.0914 e. The minimum atomic E-state index is -0.471. The molecule has 1 aliphatic heterocycles. The summed E-state index contributed by atoms with van der Waals surface area (Å²) in [5.41, 5.74) is 3.71. The maximum Gasteiger partial charge on any atom is 0.0914 e. The molecule has 0 aromatic heterocycles. The molecule has 4 rings (SSSR count). The lowest BCUT2D eigenvalue weighted by Crippen LogP contribution is -2.46. The molecule has 4 heteroatoms. The lowest BCUT2D eigenvalue weighted by molar-refractivity contribution is 0.140. The van der Waals surface area contributed by atoms with Gasteiger partial charge in [-0.25, -0.2) is 0 Å². The molecule has 25 heavy (non-hydrogen) atoms. The van der Waals surface area contributed by atoms with E-state index >= 15 is 0 Å². The van der Waals surface area contributed by atoms with Crippen molar-refractivity contribution in [1.82, 2.24) is 5.32 Å². The van der Waals surface area contributed by atoms with E-state index < -0.39 is 6.10 Å². The third kappa shape index (κ3) is 3.00. The molecular weight excluding hydrogens is 310 g/mol. The van der Waals surface area contributed by atoms with Crippen LogP contribution in [0.2, 0.25) is 0 Å². The largest absolute Gasteiger partial charge is 0.389 e. The van der Waals surface area contributed by atoms with Gasteiger partial charge in [-0.15, -0.1) is 0 Å². The Morgan fingerprint density at radius 1 is 1.04 bits per heavy atom. The van der Waals surface area contributed by atoms with E-state index in [0.29, 0.717) is 12.6 Å². The number of rotatable bonds is 6. The van der Waals surface area contributed by atoms with E-state index in [-0.39, 0.29) is 6.04 Å². The lowest BCUT2D eigenvalue weighted by atomic mass is 9.91. The molecule has 0 bridgehead atoms. The standard InChI is InChI=1S/C21H27N3O/c1-22-14-20(25)21(16-8-3-2-4-9-16)24-15-23(17-10-7-11-17)18-12-5-6-13-19(18)24/h2-6,8-9,12-13,17,20-22,25H,7,10-11,14-15H2,1H3. The molecule has 2 aromatic rings. The average Bonchev–Trinajstić information content (AvgIpc) is 2.94. The average molecular weight is 337 g/mol. The second-order valence-electron chi connectivity index (χ2n) is 7.13. The third-order valence-corrected chi connectivity index (χ3v) is 5.58. The molecule has 0 saturated heterocycles. The normalized spacial score (nSPS) is 19.4. The molecule has 2 atom stereocenters. The summed E-state index contributed by atoms with van der Waals surface area (Å²) in [4.78, 5) is 4.91. The number of benzene rings is 2. The predicted octanol–water partition coefficient (Wildman–Crippen LogP) is 3.14. The van der Waals surface area contributed by atoms with E-state index in [1.165, 1.54) is 30.6 Å². The molecule has 2 unspecified atom stereocenters. The van der Waals surface area contributed by atoms with Crippen LogP contribution < -0.4 is 15.1 Å². The molecule has 132 valence electrons. The first kappa shape index (κ1) is 16.4. The highest BCUT2D eigenvalue weighted by molar-refractivity contribution is 5.77. The maximum absolute atomic E-state index is 10.9. The van der Waals surface area contributed by atoms with Gasteiger partial charge in [-0.05, 0) is 44.0 Å². The fraction of sp³-hybridized carbons (Fsp3) is 0.429. The SMILES string of the molecule is CNCC(O)C(c1ccccc1)N1CN(C2CCC2)c2ccccc21. The number of nitrogens with one attached hydrogen (secondary N) is 1.